The molecule has 1 amide bonds. The van der Waals surface area contributed by atoms with E-state index < -0.39 is 12.0 Å². The van der Waals surface area contributed by atoms with Crippen LogP contribution in [0, 0.1) is 5.92 Å². The quantitative estimate of drug-likeness (QED) is 0.856. The second-order valence-electron chi connectivity index (χ2n) is 4.86. The van der Waals surface area contributed by atoms with E-state index in [0.717, 1.165) is 11.3 Å². The minimum Gasteiger partial charge on any atom is -0.481 e. The lowest BCUT2D eigenvalue weighted by Crippen LogP contribution is -2.36. The molecule has 3 N–H and O–H groups in total. The van der Waals surface area contributed by atoms with Crippen molar-refractivity contribution in [2.24, 2.45) is 11.7 Å². The topological polar surface area (TPSA) is 83.6 Å². The Morgan fingerprint density at radius 2 is 2.37 bits per heavy atom. The summed E-state index contributed by atoms with van der Waals surface area (Å²) in [6.45, 7) is 1.31. The van der Waals surface area contributed by atoms with Crippen molar-refractivity contribution in [1.29, 1.82) is 0 Å². The summed E-state index contributed by atoms with van der Waals surface area (Å²) >= 11 is 1.48. The zero-order chi connectivity index (χ0) is 13.8. The molecule has 2 atom stereocenters. The highest BCUT2D eigenvalue weighted by atomic mass is 32.1. The van der Waals surface area contributed by atoms with Crippen molar-refractivity contribution < 1.29 is 14.7 Å². The Labute approximate surface area is 116 Å². The molecule has 0 radical (unpaired) electrons. The van der Waals surface area contributed by atoms with E-state index in [-0.39, 0.29) is 18.2 Å². The van der Waals surface area contributed by atoms with Crippen molar-refractivity contribution in [1.82, 2.24) is 4.90 Å². The lowest BCUT2D eigenvalue weighted by atomic mass is 10.0. The highest BCUT2D eigenvalue weighted by molar-refractivity contribution is 7.10. The molecular formula is C13H18N2O3S. The second-order valence-corrected chi connectivity index (χ2v) is 5.84. The van der Waals surface area contributed by atoms with Crippen LogP contribution in [0.2, 0.25) is 0 Å². The molecule has 1 saturated heterocycles. The summed E-state index contributed by atoms with van der Waals surface area (Å²) in [6.07, 6.45) is 1.67. The van der Waals surface area contributed by atoms with Gasteiger partial charge in [-0.05, 0) is 30.2 Å². The van der Waals surface area contributed by atoms with E-state index in [1.165, 1.54) is 11.3 Å². The largest absolute Gasteiger partial charge is 0.481 e. The van der Waals surface area contributed by atoms with E-state index >= 15 is 0 Å². The lowest BCUT2D eigenvalue weighted by molar-refractivity contribution is -0.137. The van der Waals surface area contributed by atoms with E-state index in [1.807, 2.05) is 17.5 Å². The van der Waals surface area contributed by atoms with Crippen LogP contribution in [0.3, 0.4) is 0 Å². The fourth-order valence-electron chi connectivity index (χ4n) is 2.38. The molecule has 0 spiro atoms. The van der Waals surface area contributed by atoms with E-state index in [2.05, 4.69) is 0 Å². The van der Waals surface area contributed by atoms with Crippen molar-refractivity contribution in [2.45, 2.75) is 25.3 Å². The number of likely N-dealkylation sites (tertiary alicyclic amines) is 1. The normalized spacial score (nSPS) is 20.5. The summed E-state index contributed by atoms with van der Waals surface area (Å²) in [5, 5.41) is 10.6. The fourth-order valence-corrected chi connectivity index (χ4v) is 3.10. The molecule has 0 aliphatic carbocycles. The minimum atomic E-state index is -0.778. The molecule has 2 unspecified atom stereocenters. The van der Waals surface area contributed by atoms with E-state index in [0.29, 0.717) is 19.5 Å². The van der Waals surface area contributed by atoms with Crippen molar-refractivity contribution in [3.63, 3.8) is 0 Å². The van der Waals surface area contributed by atoms with Crippen LogP contribution in [0.1, 0.15) is 30.2 Å². The Morgan fingerprint density at radius 3 is 3.00 bits per heavy atom. The number of nitrogens with two attached hydrogens (primary N) is 1. The summed E-state index contributed by atoms with van der Waals surface area (Å²) in [6, 6.07) is 3.16. The summed E-state index contributed by atoms with van der Waals surface area (Å²) in [4.78, 5) is 25.4. The molecule has 0 aromatic carbocycles. The molecule has 19 heavy (non-hydrogen) atoms. The maximum atomic E-state index is 12.2. The third-order valence-electron chi connectivity index (χ3n) is 3.48. The van der Waals surface area contributed by atoms with Gasteiger partial charge in [-0.3, -0.25) is 9.59 Å². The van der Waals surface area contributed by atoms with Crippen molar-refractivity contribution in [3.8, 4) is 0 Å². The SMILES string of the molecule is NC(C(=O)N1CCC(CCC(=O)O)C1)c1cccs1. The van der Waals surface area contributed by atoms with Crippen LogP contribution in [0.15, 0.2) is 17.5 Å². The third-order valence-corrected chi connectivity index (χ3v) is 4.44. The average molecular weight is 282 g/mol. The summed E-state index contributed by atoms with van der Waals surface area (Å²) < 4.78 is 0. The van der Waals surface area contributed by atoms with Crippen LogP contribution in [0.5, 0.6) is 0 Å². The molecular weight excluding hydrogens is 264 g/mol. The van der Waals surface area contributed by atoms with Gasteiger partial charge in [-0.25, -0.2) is 0 Å². The fraction of sp³-hybridized carbons (Fsp3) is 0.538. The van der Waals surface area contributed by atoms with Crippen LogP contribution < -0.4 is 5.73 Å². The maximum absolute atomic E-state index is 12.2. The smallest absolute Gasteiger partial charge is 0.303 e. The van der Waals surface area contributed by atoms with Gasteiger partial charge >= 0.3 is 5.97 Å². The molecule has 2 heterocycles. The Bertz CT molecular complexity index is 447. The summed E-state index contributed by atoms with van der Waals surface area (Å²) in [5.41, 5.74) is 5.96. The molecule has 5 nitrogen and oxygen atoms in total. The molecule has 1 fully saturated rings. The Kier molecular flexibility index (Phi) is 4.55. The zero-order valence-corrected chi connectivity index (χ0v) is 11.4. The number of rotatable bonds is 5. The first kappa shape index (κ1) is 14.0. The number of carbonyl (C=O) groups is 2. The van der Waals surface area contributed by atoms with Crippen LogP contribution >= 0.6 is 11.3 Å². The number of carbonyl (C=O) groups excluding carboxylic acids is 1. The minimum absolute atomic E-state index is 0.0553. The molecule has 0 saturated carbocycles. The number of hydrogen-bond acceptors (Lipinski definition) is 4. The molecule has 104 valence electrons. The predicted molar refractivity (Wildman–Crippen MR) is 72.8 cm³/mol. The van der Waals surface area contributed by atoms with Crippen LogP contribution in [-0.2, 0) is 9.59 Å². The molecule has 1 aromatic heterocycles. The van der Waals surface area contributed by atoms with E-state index in [1.54, 1.807) is 4.90 Å². The first-order chi connectivity index (χ1) is 9.08. The number of nitrogens with zero attached hydrogens (tertiary/aromatic N) is 1. The monoisotopic (exact) mass is 282 g/mol. The number of carboxylic acids is 1. The number of hydrogen-bond donors (Lipinski definition) is 2. The van der Waals surface area contributed by atoms with Gasteiger partial charge in [0.1, 0.15) is 6.04 Å². The van der Waals surface area contributed by atoms with Crippen molar-refractivity contribution >= 4 is 23.2 Å². The highest BCUT2D eigenvalue weighted by Crippen LogP contribution is 2.25. The zero-order valence-electron chi connectivity index (χ0n) is 10.6. The Hall–Kier alpha value is -1.40. The summed E-state index contributed by atoms with van der Waals surface area (Å²) in [5.74, 6) is -0.545. The number of amides is 1. The van der Waals surface area contributed by atoms with Gasteiger partial charge in [-0.1, -0.05) is 6.07 Å². The van der Waals surface area contributed by atoms with Gasteiger partial charge in [-0.2, -0.15) is 0 Å². The van der Waals surface area contributed by atoms with Gasteiger partial charge in [0, 0.05) is 24.4 Å². The van der Waals surface area contributed by atoms with Crippen LogP contribution in [0.25, 0.3) is 0 Å². The van der Waals surface area contributed by atoms with Gasteiger partial charge in [0.05, 0.1) is 0 Å². The summed E-state index contributed by atoms with van der Waals surface area (Å²) in [7, 11) is 0. The lowest BCUT2D eigenvalue weighted by Gasteiger charge is -2.20. The van der Waals surface area contributed by atoms with Crippen molar-refractivity contribution in [2.75, 3.05) is 13.1 Å². The average Bonchev–Trinajstić information content (AvgIpc) is 3.05. The van der Waals surface area contributed by atoms with Crippen molar-refractivity contribution in [3.05, 3.63) is 22.4 Å². The van der Waals surface area contributed by atoms with E-state index in [4.69, 9.17) is 10.8 Å². The Morgan fingerprint density at radius 1 is 1.58 bits per heavy atom. The van der Waals surface area contributed by atoms with Crippen LogP contribution in [0.4, 0.5) is 0 Å². The first-order valence-electron chi connectivity index (χ1n) is 6.37. The molecule has 2 rings (SSSR count). The molecule has 1 aliphatic rings. The van der Waals surface area contributed by atoms with Crippen LogP contribution in [-0.4, -0.2) is 35.0 Å². The van der Waals surface area contributed by atoms with Gasteiger partial charge in [0.2, 0.25) is 5.91 Å². The predicted octanol–water partition coefficient (Wildman–Crippen LogP) is 1.46. The molecule has 1 aliphatic heterocycles. The van der Waals surface area contributed by atoms with Gasteiger partial charge in [0.25, 0.3) is 0 Å². The molecule has 6 heteroatoms. The van der Waals surface area contributed by atoms with Gasteiger partial charge in [-0.15, -0.1) is 11.3 Å². The van der Waals surface area contributed by atoms with E-state index in [9.17, 15) is 9.59 Å². The number of carboxylic acid groups (broad SMARTS) is 1. The molecule has 1 aromatic rings. The number of aliphatic carboxylic acids is 1. The third kappa shape index (κ3) is 3.54. The maximum Gasteiger partial charge on any atom is 0.303 e. The first-order valence-corrected chi connectivity index (χ1v) is 7.25. The second kappa shape index (κ2) is 6.16. The molecule has 0 bridgehead atoms. The van der Waals surface area contributed by atoms with Gasteiger partial charge < -0.3 is 15.7 Å². The highest BCUT2D eigenvalue weighted by Gasteiger charge is 2.30. The van der Waals surface area contributed by atoms with Gasteiger partial charge in [0.15, 0.2) is 0 Å². The standard InChI is InChI=1S/C13H18N2O3S/c14-12(10-2-1-7-19-10)13(18)15-6-5-9(8-15)3-4-11(16)17/h1-2,7,9,12H,3-6,8,14H2,(H,16,17). The Balaban J connectivity index is 1.86. The number of thiophene rings is 1.